The summed E-state index contributed by atoms with van der Waals surface area (Å²) in [6, 6.07) is 12.2. The van der Waals surface area contributed by atoms with E-state index < -0.39 is 19.9 Å². The van der Waals surface area contributed by atoms with Crippen molar-refractivity contribution in [2.45, 2.75) is 10.0 Å². The molecule has 120 valence electrons. The second kappa shape index (κ2) is 7.62. The topological polar surface area (TPSA) is 95.5 Å². The number of alkyl halides is 2. The Bertz CT molecular complexity index is 679. The Morgan fingerprint density at radius 3 is 1.48 bits per heavy atom. The van der Waals surface area contributed by atoms with Gasteiger partial charge < -0.3 is 4.74 Å². The van der Waals surface area contributed by atoms with Gasteiger partial charge in [0.1, 0.15) is 10.0 Å². The lowest BCUT2D eigenvalue weighted by Gasteiger charge is -2.17. The Morgan fingerprint density at radius 1 is 0.783 bits per heavy atom. The molecule has 2 atom stereocenters. The van der Waals surface area contributed by atoms with Gasteiger partial charge in [0.25, 0.3) is 11.4 Å². The summed E-state index contributed by atoms with van der Waals surface area (Å²) in [5.41, 5.74) is 0.439. The van der Waals surface area contributed by atoms with Crippen LogP contribution in [0.5, 0.6) is 0 Å². The van der Waals surface area contributed by atoms with E-state index >= 15 is 0 Å². The minimum atomic E-state index is -0.812. The predicted molar refractivity (Wildman–Crippen MR) is 90.6 cm³/mol. The molecule has 0 radical (unpaired) electrons. The summed E-state index contributed by atoms with van der Waals surface area (Å²) < 4.78 is 5.63. The van der Waals surface area contributed by atoms with E-state index in [4.69, 9.17) is 4.74 Å². The zero-order valence-corrected chi connectivity index (χ0v) is 14.6. The predicted octanol–water partition coefficient (Wildman–Crippen LogP) is 5.01. The van der Waals surface area contributed by atoms with E-state index in [1.807, 2.05) is 0 Å². The number of halogens is 2. The highest BCUT2D eigenvalue weighted by atomic mass is 79.9. The lowest BCUT2D eigenvalue weighted by molar-refractivity contribution is -0.386. The number of hydrogen-bond donors (Lipinski definition) is 0. The van der Waals surface area contributed by atoms with Crippen LogP contribution in [0.3, 0.4) is 0 Å². The molecule has 0 aliphatic heterocycles. The third-order valence-corrected chi connectivity index (χ3v) is 4.41. The highest BCUT2D eigenvalue weighted by Crippen LogP contribution is 2.40. The van der Waals surface area contributed by atoms with Gasteiger partial charge in [0.05, 0.1) is 21.0 Å². The molecule has 0 heterocycles. The number of nitro groups is 2. The molecular weight excluding hydrogens is 436 g/mol. The fourth-order valence-corrected chi connectivity index (χ4v) is 3.44. The average Bonchev–Trinajstić information content (AvgIpc) is 2.54. The molecular formula is C14H10Br2N2O5. The molecule has 0 aliphatic carbocycles. The maximum Gasteiger partial charge on any atom is 0.276 e. The Hall–Kier alpha value is -1.84. The Balaban J connectivity index is 2.26. The molecule has 2 aromatic rings. The molecule has 9 heteroatoms. The van der Waals surface area contributed by atoms with Gasteiger partial charge in [0.15, 0.2) is 0 Å². The molecule has 0 fully saturated rings. The van der Waals surface area contributed by atoms with Crippen LogP contribution in [0.2, 0.25) is 0 Å². The van der Waals surface area contributed by atoms with Gasteiger partial charge in [-0.15, -0.1) is 0 Å². The van der Waals surface area contributed by atoms with Gasteiger partial charge in [-0.25, -0.2) is 0 Å². The molecule has 0 bridgehead atoms. The lowest BCUT2D eigenvalue weighted by atomic mass is 10.2. The largest absolute Gasteiger partial charge is 0.342 e. The van der Waals surface area contributed by atoms with Gasteiger partial charge in [0, 0.05) is 12.1 Å². The van der Waals surface area contributed by atoms with Crippen molar-refractivity contribution in [2.75, 3.05) is 0 Å². The maximum atomic E-state index is 11.1. The van der Waals surface area contributed by atoms with Gasteiger partial charge in [-0.3, -0.25) is 20.2 Å². The van der Waals surface area contributed by atoms with E-state index in [9.17, 15) is 20.2 Å². The van der Waals surface area contributed by atoms with Gasteiger partial charge in [-0.1, -0.05) is 56.1 Å². The quantitative estimate of drug-likeness (QED) is 0.354. The van der Waals surface area contributed by atoms with Crippen molar-refractivity contribution in [1.82, 2.24) is 0 Å². The summed E-state index contributed by atoms with van der Waals surface area (Å²) >= 11 is 6.48. The normalized spacial score (nSPS) is 13.3. The number of nitro benzene ring substituents is 2. The molecule has 0 spiro atoms. The van der Waals surface area contributed by atoms with Gasteiger partial charge in [-0.2, -0.15) is 0 Å². The van der Waals surface area contributed by atoms with E-state index in [2.05, 4.69) is 31.9 Å². The number of benzene rings is 2. The SMILES string of the molecule is O=[N+]([O-])c1ccccc1C(Br)OC(Br)c1ccccc1[N+](=O)[O-]. The van der Waals surface area contributed by atoms with Gasteiger partial charge >= 0.3 is 0 Å². The molecule has 2 unspecified atom stereocenters. The van der Waals surface area contributed by atoms with Crippen molar-refractivity contribution < 1.29 is 14.6 Å². The fraction of sp³-hybridized carbons (Fsp3) is 0.143. The number of ether oxygens (including phenoxy) is 1. The van der Waals surface area contributed by atoms with Crippen LogP contribution in [0.15, 0.2) is 48.5 Å². The van der Waals surface area contributed by atoms with Crippen LogP contribution in [0.25, 0.3) is 0 Å². The van der Waals surface area contributed by atoms with Crippen molar-refractivity contribution in [3.63, 3.8) is 0 Å². The molecule has 7 nitrogen and oxygen atoms in total. The van der Waals surface area contributed by atoms with E-state index in [0.717, 1.165) is 0 Å². The highest BCUT2D eigenvalue weighted by molar-refractivity contribution is 9.09. The minimum Gasteiger partial charge on any atom is -0.342 e. The van der Waals surface area contributed by atoms with E-state index in [0.29, 0.717) is 11.1 Å². The zero-order valence-electron chi connectivity index (χ0n) is 11.5. The van der Waals surface area contributed by atoms with Crippen molar-refractivity contribution in [3.05, 3.63) is 79.9 Å². The number of nitrogens with zero attached hydrogens (tertiary/aromatic N) is 2. The van der Waals surface area contributed by atoms with Crippen molar-refractivity contribution in [3.8, 4) is 0 Å². The molecule has 0 saturated heterocycles. The van der Waals surface area contributed by atoms with E-state index in [-0.39, 0.29) is 11.4 Å². The molecule has 0 aliphatic rings. The monoisotopic (exact) mass is 444 g/mol. The first-order valence-electron chi connectivity index (χ1n) is 6.32. The number of hydrogen-bond acceptors (Lipinski definition) is 5. The second-order valence-corrected chi connectivity index (χ2v) is 6.06. The van der Waals surface area contributed by atoms with Crippen LogP contribution >= 0.6 is 31.9 Å². The standard InChI is InChI=1S/C14H10Br2N2O5/c15-13(9-5-1-3-7-11(9)17(19)20)23-14(16)10-6-2-4-8-12(10)18(21)22/h1-8,13-14H. The molecule has 0 aromatic heterocycles. The maximum absolute atomic E-state index is 11.1. The van der Waals surface area contributed by atoms with Gasteiger partial charge in [0.2, 0.25) is 0 Å². The molecule has 0 N–H and O–H groups in total. The van der Waals surface area contributed by atoms with Crippen LogP contribution < -0.4 is 0 Å². The fourth-order valence-electron chi connectivity index (χ4n) is 1.94. The Labute approximate surface area is 147 Å². The second-order valence-electron chi connectivity index (χ2n) is 4.40. The Kier molecular flexibility index (Phi) is 5.80. The van der Waals surface area contributed by atoms with Crippen LogP contribution in [0.4, 0.5) is 11.4 Å². The van der Waals surface area contributed by atoms with Crippen molar-refractivity contribution >= 4 is 43.2 Å². The van der Waals surface area contributed by atoms with Crippen molar-refractivity contribution in [2.24, 2.45) is 0 Å². The summed E-state index contributed by atoms with van der Waals surface area (Å²) in [7, 11) is 0. The van der Waals surface area contributed by atoms with Gasteiger partial charge in [-0.05, 0) is 12.1 Å². The van der Waals surface area contributed by atoms with Crippen LogP contribution in [-0.4, -0.2) is 9.85 Å². The molecule has 2 aromatic carbocycles. The minimum absolute atomic E-state index is 0.100. The Morgan fingerprint density at radius 2 is 1.13 bits per heavy atom. The third-order valence-electron chi connectivity index (χ3n) is 2.99. The van der Waals surface area contributed by atoms with Crippen molar-refractivity contribution in [1.29, 1.82) is 0 Å². The van der Waals surface area contributed by atoms with Crippen LogP contribution in [0, 0.1) is 20.2 Å². The average molecular weight is 446 g/mol. The number of para-hydroxylation sites is 2. The summed E-state index contributed by atoms with van der Waals surface area (Å²) in [5, 5.41) is 20.5. The van der Waals surface area contributed by atoms with Crippen LogP contribution in [-0.2, 0) is 4.74 Å². The summed E-state index contributed by atoms with van der Waals surface area (Å²) in [5.74, 6) is 0. The highest BCUT2D eigenvalue weighted by Gasteiger charge is 2.26. The zero-order chi connectivity index (χ0) is 17.0. The first kappa shape index (κ1) is 17.5. The molecule has 2 rings (SSSR count). The lowest BCUT2D eigenvalue weighted by Crippen LogP contribution is -2.05. The first-order chi connectivity index (χ1) is 10.9. The summed E-state index contributed by atoms with van der Waals surface area (Å²) in [4.78, 5) is 21.1. The summed E-state index contributed by atoms with van der Waals surface area (Å²) in [6.45, 7) is 0. The third kappa shape index (κ3) is 4.12. The molecule has 0 amide bonds. The summed E-state index contributed by atoms with van der Waals surface area (Å²) in [6.07, 6.45) is 0. The first-order valence-corrected chi connectivity index (χ1v) is 8.15. The number of rotatable bonds is 6. The van der Waals surface area contributed by atoms with Crippen LogP contribution in [0.1, 0.15) is 21.2 Å². The molecule has 23 heavy (non-hydrogen) atoms. The van der Waals surface area contributed by atoms with E-state index in [1.54, 1.807) is 36.4 Å². The van der Waals surface area contributed by atoms with E-state index in [1.165, 1.54) is 12.1 Å². The smallest absolute Gasteiger partial charge is 0.276 e. The molecule has 0 saturated carbocycles.